The molecule has 1 aromatic carbocycles. The average Bonchev–Trinajstić information content (AvgIpc) is 2.37. The molecule has 0 aromatic heterocycles. The predicted molar refractivity (Wildman–Crippen MR) is 83.0 cm³/mol. The van der Waals surface area contributed by atoms with Crippen molar-refractivity contribution in [1.29, 1.82) is 0 Å². The van der Waals surface area contributed by atoms with E-state index in [2.05, 4.69) is 5.32 Å². The third-order valence-corrected chi connectivity index (χ3v) is 5.98. The molecule has 114 valence electrons. The minimum Gasteiger partial charge on any atom is -0.497 e. The minimum atomic E-state index is -3.07. The second kappa shape index (κ2) is 6.59. The van der Waals surface area contributed by atoms with Crippen LogP contribution >= 0.6 is 0 Å². The van der Waals surface area contributed by atoms with Gasteiger partial charge in [-0.3, -0.25) is 0 Å². The molecule has 0 saturated carbocycles. The lowest BCUT2D eigenvalue weighted by atomic mass is 10.1. The normalized spacial score (nSPS) is 14.1. The fourth-order valence-corrected chi connectivity index (χ4v) is 2.73. The van der Waals surface area contributed by atoms with E-state index in [1.165, 1.54) is 0 Å². The summed E-state index contributed by atoms with van der Waals surface area (Å²) in [6.45, 7) is 7.66. The molecule has 0 heterocycles. The molecule has 0 fully saturated rings. The largest absolute Gasteiger partial charge is 0.497 e. The van der Waals surface area contributed by atoms with Crippen LogP contribution in [0, 0.1) is 0 Å². The van der Waals surface area contributed by atoms with Gasteiger partial charge in [0.2, 0.25) is 0 Å². The topological polar surface area (TPSA) is 55.4 Å². The number of rotatable bonds is 6. The van der Waals surface area contributed by atoms with E-state index in [0.29, 0.717) is 6.54 Å². The Balaban J connectivity index is 2.53. The number of benzene rings is 1. The van der Waals surface area contributed by atoms with Crippen molar-refractivity contribution in [1.82, 2.24) is 5.32 Å². The Morgan fingerprint density at radius 1 is 1.20 bits per heavy atom. The Hall–Kier alpha value is -1.07. The zero-order chi connectivity index (χ0) is 15.4. The molecule has 0 amide bonds. The van der Waals surface area contributed by atoms with Gasteiger partial charge in [0.15, 0.2) is 9.84 Å². The monoisotopic (exact) mass is 299 g/mol. The van der Waals surface area contributed by atoms with E-state index < -0.39 is 14.6 Å². The van der Waals surface area contributed by atoms with Crippen molar-refractivity contribution < 1.29 is 13.2 Å². The molecule has 1 N–H and O–H groups in total. The van der Waals surface area contributed by atoms with Crippen molar-refractivity contribution in [3.8, 4) is 5.75 Å². The molecule has 4 nitrogen and oxygen atoms in total. The maximum Gasteiger partial charge on any atom is 0.156 e. The third-order valence-electron chi connectivity index (χ3n) is 3.37. The van der Waals surface area contributed by atoms with E-state index in [9.17, 15) is 8.42 Å². The maximum atomic E-state index is 12.0. The van der Waals surface area contributed by atoms with Crippen LogP contribution in [0.2, 0.25) is 0 Å². The molecule has 1 rings (SSSR count). The van der Waals surface area contributed by atoms with Crippen molar-refractivity contribution in [3.63, 3.8) is 0 Å². The Labute approximate surface area is 122 Å². The van der Waals surface area contributed by atoms with E-state index in [1.807, 2.05) is 31.2 Å². The highest BCUT2D eigenvalue weighted by molar-refractivity contribution is 7.92. The molecular formula is C15H25NO3S. The highest BCUT2D eigenvalue weighted by Gasteiger charge is 2.28. The lowest BCUT2D eigenvalue weighted by molar-refractivity contribution is 0.414. The van der Waals surface area contributed by atoms with Crippen molar-refractivity contribution in [2.45, 2.75) is 38.5 Å². The van der Waals surface area contributed by atoms with Crippen LogP contribution in [0.5, 0.6) is 5.75 Å². The van der Waals surface area contributed by atoms with Crippen molar-refractivity contribution in [3.05, 3.63) is 29.8 Å². The van der Waals surface area contributed by atoms with Gasteiger partial charge in [0.25, 0.3) is 0 Å². The van der Waals surface area contributed by atoms with Gasteiger partial charge in [0.1, 0.15) is 5.75 Å². The zero-order valence-corrected chi connectivity index (χ0v) is 13.8. The molecule has 1 atom stereocenters. The molecule has 0 aliphatic heterocycles. The minimum absolute atomic E-state index is 0.107. The van der Waals surface area contributed by atoms with Gasteiger partial charge >= 0.3 is 0 Å². The number of nitrogens with one attached hydrogen (secondary N) is 1. The Morgan fingerprint density at radius 2 is 1.75 bits per heavy atom. The van der Waals surface area contributed by atoms with Gasteiger partial charge in [-0.1, -0.05) is 12.1 Å². The van der Waals surface area contributed by atoms with Crippen LogP contribution in [0.1, 0.15) is 39.3 Å². The molecule has 0 radical (unpaired) electrons. The number of ether oxygens (including phenoxy) is 1. The number of hydrogen-bond acceptors (Lipinski definition) is 4. The SMILES string of the molecule is COc1ccc(C(C)NCCS(=O)(=O)C(C)(C)C)cc1. The van der Waals surface area contributed by atoms with Gasteiger partial charge < -0.3 is 10.1 Å². The summed E-state index contributed by atoms with van der Waals surface area (Å²) in [5.74, 6) is 0.966. The second-order valence-corrected chi connectivity index (χ2v) is 8.74. The predicted octanol–water partition coefficient (Wildman–Crippen LogP) is 2.56. The molecule has 0 spiro atoms. The first-order chi connectivity index (χ1) is 9.17. The molecule has 20 heavy (non-hydrogen) atoms. The van der Waals surface area contributed by atoms with Gasteiger partial charge in [-0.15, -0.1) is 0 Å². The van der Waals surface area contributed by atoms with Crippen molar-refractivity contribution in [2.75, 3.05) is 19.4 Å². The Kier molecular flexibility index (Phi) is 5.59. The molecule has 0 aliphatic carbocycles. The van der Waals surface area contributed by atoms with E-state index in [0.717, 1.165) is 11.3 Å². The summed E-state index contributed by atoms with van der Waals surface area (Å²) in [6, 6.07) is 7.87. The van der Waals surface area contributed by atoms with Crippen LogP contribution in [0.3, 0.4) is 0 Å². The second-order valence-electron chi connectivity index (χ2n) is 5.88. The highest BCUT2D eigenvalue weighted by atomic mass is 32.2. The molecule has 1 aromatic rings. The van der Waals surface area contributed by atoms with Gasteiger partial charge in [-0.25, -0.2) is 8.42 Å². The lowest BCUT2D eigenvalue weighted by Crippen LogP contribution is -2.35. The summed E-state index contributed by atoms with van der Waals surface area (Å²) in [6.07, 6.45) is 0. The van der Waals surface area contributed by atoms with Crippen LogP contribution < -0.4 is 10.1 Å². The van der Waals surface area contributed by atoms with E-state index in [1.54, 1.807) is 27.9 Å². The van der Waals surface area contributed by atoms with Crippen LogP contribution in [0.25, 0.3) is 0 Å². The van der Waals surface area contributed by atoms with Crippen LogP contribution in [0.15, 0.2) is 24.3 Å². The summed E-state index contributed by atoms with van der Waals surface area (Å²) >= 11 is 0. The van der Waals surface area contributed by atoms with Crippen LogP contribution in [-0.2, 0) is 9.84 Å². The summed E-state index contributed by atoms with van der Waals surface area (Å²) in [7, 11) is -1.44. The molecule has 0 saturated heterocycles. The first kappa shape index (κ1) is 17.0. The number of sulfone groups is 1. The molecule has 1 unspecified atom stereocenters. The Morgan fingerprint density at radius 3 is 2.20 bits per heavy atom. The van der Waals surface area contributed by atoms with Crippen LogP contribution in [-0.4, -0.2) is 32.6 Å². The average molecular weight is 299 g/mol. The zero-order valence-electron chi connectivity index (χ0n) is 12.9. The van der Waals surface area contributed by atoms with Crippen molar-refractivity contribution in [2.24, 2.45) is 0 Å². The summed E-state index contributed by atoms with van der Waals surface area (Å²) < 4.78 is 28.4. The first-order valence-electron chi connectivity index (χ1n) is 6.77. The third kappa shape index (κ3) is 4.49. The van der Waals surface area contributed by atoms with E-state index in [4.69, 9.17) is 4.74 Å². The van der Waals surface area contributed by atoms with Crippen LogP contribution in [0.4, 0.5) is 0 Å². The molecule has 0 aliphatic rings. The number of methoxy groups -OCH3 is 1. The lowest BCUT2D eigenvalue weighted by Gasteiger charge is -2.20. The van der Waals surface area contributed by atoms with E-state index in [-0.39, 0.29) is 11.8 Å². The fraction of sp³-hybridized carbons (Fsp3) is 0.600. The van der Waals surface area contributed by atoms with Gasteiger partial charge in [0, 0.05) is 12.6 Å². The molecular weight excluding hydrogens is 274 g/mol. The smallest absolute Gasteiger partial charge is 0.156 e. The van der Waals surface area contributed by atoms with Crippen molar-refractivity contribution >= 4 is 9.84 Å². The van der Waals surface area contributed by atoms with Gasteiger partial charge in [-0.2, -0.15) is 0 Å². The summed E-state index contributed by atoms with van der Waals surface area (Å²) in [4.78, 5) is 0. The van der Waals surface area contributed by atoms with Gasteiger partial charge in [0.05, 0.1) is 17.6 Å². The molecule has 5 heteroatoms. The highest BCUT2D eigenvalue weighted by Crippen LogP contribution is 2.18. The summed E-state index contributed by atoms with van der Waals surface area (Å²) in [5.41, 5.74) is 1.11. The van der Waals surface area contributed by atoms with Gasteiger partial charge in [-0.05, 0) is 45.4 Å². The maximum absolute atomic E-state index is 12.0. The van der Waals surface area contributed by atoms with E-state index >= 15 is 0 Å². The Bertz CT molecular complexity index is 515. The summed E-state index contributed by atoms with van der Waals surface area (Å²) in [5, 5.41) is 3.24. The standard InChI is InChI=1S/C15H25NO3S/c1-12(13-6-8-14(19-5)9-7-13)16-10-11-20(17,18)15(2,3)4/h6-9,12,16H,10-11H2,1-5H3. The first-order valence-corrected chi connectivity index (χ1v) is 8.42. The quantitative estimate of drug-likeness (QED) is 0.877. The molecule has 0 bridgehead atoms. The number of hydrogen-bond donors (Lipinski definition) is 1. The fourth-order valence-electron chi connectivity index (χ4n) is 1.73.